The average Bonchev–Trinajstić information content (AvgIpc) is 3.47. The van der Waals surface area contributed by atoms with E-state index < -0.39 is 0 Å². The van der Waals surface area contributed by atoms with Crippen LogP contribution in [0.5, 0.6) is 0 Å². The number of thiazole rings is 1. The molecule has 5 rings (SSSR count). The van der Waals surface area contributed by atoms with Gasteiger partial charge in [-0.15, -0.1) is 21.5 Å². The van der Waals surface area contributed by atoms with Crippen molar-refractivity contribution >= 4 is 40.6 Å². The Balaban J connectivity index is 1.33. The summed E-state index contributed by atoms with van der Waals surface area (Å²) in [6, 6.07) is 18.2. The molecule has 9 heteroatoms. The molecule has 1 fully saturated rings. The van der Waals surface area contributed by atoms with Crippen molar-refractivity contribution in [2.24, 2.45) is 0 Å². The first-order valence-corrected chi connectivity index (χ1v) is 12.6. The Morgan fingerprint density at radius 1 is 1.00 bits per heavy atom. The van der Waals surface area contributed by atoms with Gasteiger partial charge < -0.3 is 9.64 Å². The number of rotatable bonds is 7. The van der Waals surface area contributed by atoms with Crippen LogP contribution in [0.4, 0.5) is 5.95 Å². The van der Waals surface area contributed by atoms with E-state index in [2.05, 4.69) is 37.2 Å². The van der Waals surface area contributed by atoms with Gasteiger partial charge in [-0.2, -0.15) is 0 Å². The molecule has 0 N–H and O–H groups in total. The first kappa shape index (κ1) is 21.5. The van der Waals surface area contributed by atoms with Crippen LogP contribution in [0.25, 0.3) is 5.69 Å². The molecule has 2 aromatic heterocycles. The van der Waals surface area contributed by atoms with Gasteiger partial charge in [0.25, 0.3) is 0 Å². The molecule has 0 saturated carbocycles. The molecule has 0 atom stereocenters. The highest BCUT2D eigenvalue weighted by Gasteiger charge is 2.22. The molecule has 4 aromatic rings. The Kier molecular flexibility index (Phi) is 6.73. The van der Waals surface area contributed by atoms with Crippen molar-refractivity contribution in [3.05, 3.63) is 81.3 Å². The summed E-state index contributed by atoms with van der Waals surface area (Å²) in [4.78, 5) is 7.06. The SMILES string of the molecule is Clc1ccc(Cc2nc(CSc3nnc(N4CCOCC4)n3-c3ccccc3)cs2)cc1. The van der Waals surface area contributed by atoms with Crippen molar-refractivity contribution in [3.63, 3.8) is 0 Å². The van der Waals surface area contributed by atoms with Crippen LogP contribution >= 0.6 is 34.7 Å². The van der Waals surface area contributed by atoms with E-state index in [9.17, 15) is 0 Å². The Labute approximate surface area is 200 Å². The minimum absolute atomic E-state index is 0.708. The van der Waals surface area contributed by atoms with E-state index in [1.54, 1.807) is 23.1 Å². The maximum Gasteiger partial charge on any atom is 0.232 e. The highest BCUT2D eigenvalue weighted by atomic mass is 35.5. The summed E-state index contributed by atoms with van der Waals surface area (Å²) in [5.41, 5.74) is 3.32. The van der Waals surface area contributed by atoms with E-state index in [1.165, 1.54) is 5.56 Å². The summed E-state index contributed by atoms with van der Waals surface area (Å²) >= 11 is 9.34. The fourth-order valence-electron chi connectivity index (χ4n) is 3.54. The Morgan fingerprint density at radius 2 is 1.78 bits per heavy atom. The van der Waals surface area contributed by atoms with E-state index in [0.717, 1.165) is 57.8 Å². The number of benzene rings is 2. The van der Waals surface area contributed by atoms with E-state index >= 15 is 0 Å². The molecule has 0 bridgehead atoms. The Bertz CT molecular complexity index is 1160. The third-order valence-electron chi connectivity index (χ3n) is 5.14. The molecule has 2 aromatic carbocycles. The van der Waals surface area contributed by atoms with Crippen molar-refractivity contribution < 1.29 is 4.74 Å². The van der Waals surface area contributed by atoms with Crippen molar-refractivity contribution in [1.82, 2.24) is 19.7 Å². The molecule has 0 radical (unpaired) electrons. The first-order valence-electron chi connectivity index (χ1n) is 10.4. The number of anilines is 1. The second-order valence-corrected chi connectivity index (χ2v) is 9.70. The number of halogens is 1. The van der Waals surface area contributed by atoms with Gasteiger partial charge in [-0.3, -0.25) is 4.57 Å². The molecule has 6 nitrogen and oxygen atoms in total. The lowest BCUT2D eigenvalue weighted by atomic mass is 10.2. The number of hydrogen-bond acceptors (Lipinski definition) is 7. The van der Waals surface area contributed by atoms with Crippen molar-refractivity contribution in [3.8, 4) is 5.69 Å². The van der Waals surface area contributed by atoms with Gasteiger partial charge in [0.05, 0.1) is 29.6 Å². The van der Waals surface area contributed by atoms with Crippen LogP contribution in [0.15, 0.2) is 65.1 Å². The van der Waals surface area contributed by atoms with Crippen LogP contribution in [0.2, 0.25) is 5.02 Å². The summed E-state index contributed by atoms with van der Waals surface area (Å²) in [7, 11) is 0. The highest BCUT2D eigenvalue weighted by Crippen LogP contribution is 2.29. The molecule has 0 spiro atoms. The van der Waals surface area contributed by atoms with E-state index in [1.807, 2.05) is 42.5 Å². The van der Waals surface area contributed by atoms with Gasteiger partial charge in [-0.05, 0) is 29.8 Å². The van der Waals surface area contributed by atoms with Gasteiger partial charge in [0.2, 0.25) is 5.95 Å². The lowest BCUT2D eigenvalue weighted by Crippen LogP contribution is -2.37. The highest BCUT2D eigenvalue weighted by molar-refractivity contribution is 7.98. The predicted octanol–water partition coefficient (Wildman–Crippen LogP) is 5.10. The van der Waals surface area contributed by atoms with E-state index in [0.29, 0.717) is 13.2 Å². The van der Waals surface area contributed by atoms with Gasteiger partial charge in [0, 0.05) is 35.7 Å². The molecular formula is C23H22ClN5OS2. The lowest BCUT2D eigenvalue weighted by molar-refractivity contribution is 0.122. The number of para-hydroxylation sites is 1. The maximum atomic E-state index is 5.99. The summed E-state index contributed by atoms with van der Waals surface area (Å²) in [6.07, 6.45) is 0.813. The molecule has 0 aliphatic carbocycles. The number of hydrogen-bond donors (Lipinski definition) is 0. The molecule has 1 aliphatic rings. The van der Waals surface area contributed by atoms with Gasteiger partial charge >= 0.3 is 0 Å². The van der Waals surface area contributed by atoms with Crippen molar-refractivity contribution in [1.29, 1.82) is 0 Å². The van der Waals surface area contributed by atoms with Gasteiger partial charge in [0.1, 0.15) is 0 Å². The summed E-state index contributed by atoms with van der Waals surface area (Å²) in [5.74, 6) is 1.61. The molecular weight excluding hydrogens is 462 g/mol. The first-order chi connectivity index (χ1) is 15.8. The van der Waals surface area contributed by atoms with Gasteiger partial charge in [-0.25, -0.2) is 4.98 Å². The van der Waals surface area contributed by atoms with Gasteiger partial charge in [0.15, 0.2) is 5.16 Å². The fourth-order valence-corrected chi connectivity index (χ4v) is 5.44. The molecule has 0 amide bonds. The van der Waals surface area contributed by atoms with Crippen molar-refractivity contribution in [2.75, 3.05) is 31.2 Å². The maximum absolute atomic E-state index is 5.99. The summed E-state index contributed by atoms with van der Waals surface area (Å²) < 4.78 is 7.65. The fraction of sp³-hybridized carbons (Fsp3) is 0.261. The number of aromatic nitrogens is 4. The minimum Gasteiger partial charge on any atom is -0.378 e. The molecule has 0 unspecified atom stereocenters. The predicted molar refractivity (Wildman–Crippen MR) is 130 cm³/mol. The zero-order valence-corrected chi connectivity index (χ0v) is 19.7. The number of ether oxygens (including phenoxy) is 1. The average molecular weight is 484 g/mol. The molecule has 1 saturated heterocycles. The van der Waals surface area contributed by atoms with E-state index in [4.69, 9.17) is 21.3 Å². The number of nitrogens with zero attached hydrogens (tertiary/aromatic N) is 5. The minimum atomic E-state index is 0.708. The molecule has 164 valence electrons. The number of thioether (sulfide) groups is 1. The monoisotopic (exact) mass is 483 g/mol. The quantitative estimate of drug-likeness (QED) is 0.341. The summed E-state index contributed by atoms with van der Waals surface area (Å²) in [6.45, 7) is 3.05. The van der Waals surface area contributed by atoms with Crippen molar-refractivity contribution in [2.45, 2.75) is 17.3 Å². The normalized spacial score (nSPS) is 14.1. The van der Waals surface area contributed by atoms with Crippen LogP contribution in [0.3, 0.4) is 0 Å². The Hall–Kier alpha value is -2.39. The molecule has 1 aliphatic heterocycles. The zero-order chi connectivity index (χ0) is 21.8. The van der Waals surface area contributed by atoms with Gasteiger partial charge in [-0.1, -0.05) is 53.7 Å². The van der Waals surface area contributed by atoms with Crippen LogP contribution in [-0.2, 0) is 16.9 Å². The second-order valence-electron chi connectivity index (χ2n) is 7.38. The molecule has 3 heterocycles. The van der Waals surface area contributed by atoms with E-state index in [-0.39, 0.29) is 0 Å². The third-order valence-corrected chi connectivity index (χ3v) is 7.25. The topological polar surface area (TPSA) is 56.1 Å². The molecule has 32 heavy (non-hydrogen) atoms. The standard InChI is InChI=1S/C23H22ClN5OS2/c24-18-8-6-17(7-9-18)14-21-25-19(15-31-21)16-32-23-27-26-22(28-10-12-30-13-11-28)29(23)20-4-2-1-3-5-20/h1-9,15H,10-14,16H2. The second kappa shape index (κ2) is 10.0. The Morgan fingerprint density at radius 3 is 2.56 bits per heavy atom. The van der Waals surface area contributed by atoms with Crippen LogP contribution in [0, 0.1) is 0 Å². The van der Waals surface area contributed by atoms with Crippen LogP contribution in [-0.4, -0.2) is 46.1 Å². The van der Waals surface area contributed by atoms with Crippen LogP contribution < -0.4 is 4.90 Å². The third kappa shape index (κ3) is 4.99. The largest absolute Gasteiger partial charge is 0.378 e. The smallest absolute Gasteiger partial charge is 0.232 e. The lowest BCUT2D eigenvalue weighted by Gasteiger charge is -2.27. The zero-order valence-electron chi connectivity index (χ0n) is 17.4. The van der Waals surface area contributed by atoms with Crippen LogP contribution in [0.1, 0.15) is 16.3 Å². The summed E-state index contributed by atoms with van der Waals surface area (Å²) in [5, 5.41) is 13.9. The number of morpholine rings is 1.